The summed E-state index contributed by atoms with van der Waals surface area (Å²) in [6.45, 7) is 0.349. The van der Waals surface area contributed by atoms with E-state index in [1.54, 1.807) is 0 Å². The van der Waals surface area contributed by atoms with Crippen LogP contribution in [0.5, 0.6) is 0 Å². The SMILES string of the molecule is OC1O[C@H](COF)[C@@H](OCc2ccccc2)[C@H](OCc2ccccc2)[C@H]1OCc1ccccc1. The maximum atomic E-state index is 12.9. The Balaban J connectivity index is 1.55. The molecule has 1 fully saturated rings. The second kappa shape index (κ2) is 12.7. The third-order valence-corrected chi connectivity index (χ3v) is 5.69. The summed E-state index contributed by atoms with van der Waals surface area (Å²) >= 11 is 0. The number of rotatable bonds is 11. The fraction of sp³-hybridized carbons (Fsp3) is 0.333. The average molecular weight is 469 g/mol. The highest BCUT2D eigenvalue weighted by atomic mass is 19.3. The van der Waals surface area contributed by atoms with Crippen molar-refractivity contribution < 1.29 is 33.5 Å². The summed E-state index contributed by atoms with van der Waals surface area (Å²) in [7, 11) is 0. The molecule has 0 radical (unpaired) electrons. The van der Waals surface area contributed by atoms with Gasteiger partial charge in [0.2, 0.25) is 0 Å². The second-order valence-corrected chi connectivity index (χ2v) is 8.12. The van der Waals surface area contributed by atoms with Gasteiger partial charge in [-0.3, -0.25) is 0 Å². The lowest BCUT2D eigenvalue weighted by Gasteiger charge is -2.44. The maximum absolute atomic E-state index is 12.9. The topological polar surface area (TPSA) is 66.4 Å². The van der Waals surface area contributed by atoms with Crippen molar-refractivity contribution in [3.63, 3.8) is 0 Å². The Bertz CT molecular complexity index is 959. The van der Waals surface area contributed by atoms with Gasteiger partial charge in [0.25, 0.3) is 0 Å². The molecule has 1 unspecified atom stereocenters. The molecule has 0 bridgehead atoms. The normalized spacial score (nSPS) is 24.7. The first kappa shape index (κ1) is 24.5. The summed E-state index contributed by atoms with van der Waals surface area (Å²) in [6.07, 6.45) is -4.58. The van der Waals surface area contributed by atoms with Crippen molar-refractivity contribution in [2.24, 2.45) is 0 Å². The zero-order valence-electron chi connectivity index (χ0n) is 18.7. The number of hydrogen-bond donors (Lipinski definition) is 1. The summed E-state index contributed by atoms with van der Waals surface area (Å²) in [4.78, 5) is 3.88. The van der Waals surface area contributed by atoms with Crippen LogP contribution in [-0.2, 0) is 43.7 Å². The lowest BCUT2D eigenvalue weighted by atomic mass is 9.98. The summed E-state index contributed by atoms with van der Waals surface area (Å²) in [5, 5.41) is 10.8. The number of hydrogen-bond acceptors (Lipinski definition) is 6. The van der Waals surface area contributed by atoms with Crippen LogP contribution in [0.2, 0.25) is 0 Å². The minimum Gasteiger partial charge on any atom is -0.368 e. The lowest BCUT2D eigenvalue weighted by Crippen LogP contribution is -2.61. The molecule has 1 N–H and O–H groups in total. The Morgan fingerprint density at radius 2 is 1.03 bits per heavy atom. The molecule has 5 atom stereocenters. The summed E-state index contributed by atoms with van der Waals surface area (Å²) in [5.74, 6) is 0. The first-order chi connectivity index (χ1) is 16.7. The van der Waals surface area contributed by atoms with E-state index in [0.717, 1.165) is 16.7 Å². The van der Waals surface area contributed by atoms with Crippen molar-refractivity contribution >= 4 is 0 Å². The van der Waals surface area contributed by atoms with Crippen molar-refractivity contribution in [1.82, 2.24) is 0 Å². The van der Waals surface area contributed by atoms with Crippen LogP contribution in [0.15, 0.2) is 91.0 Å². The zero-order chi connectivity index (χ0) is 23.6. The number of benzene rings is 3. The molecular weight excluding hydrogens is 439 g/mol. The van der Waals surface area contributed by atoms with E-state index in [1.807, 2.05) is 91.0 Å². The molecule has 0 saturated carbocycles. The lowest BCUT2D eigenvalue weighted by molar-refractivity contribution is -0.326. The van der Waals surface area contributed by atoms with E-state index < -0.39 is 37.3 Å². The predicted molar refractivity (Wildman–Crippen MR) is 123 cm³/mol. The van der Waals surface area contributed by atoms with Crippen LogP contribution in [0.3, 0.4) is 0 Å². The van der Waals surface area contributed by atoms with Crippen LogP contribution in [0, 0.1) is 0 Å². The molecule has 180 valence electrons. The van der Waals surface area contributed by atoms with Gasteiger partial charge in [0.05, 0.1) is 19.8 Å². The van der Waals surface area contributed by atoms with Crippen LogP contribution >= 0.6 is 0 Å². The highest BCUT2D eigenvalue weighted by molar-refractivity contribution is 5.15. The largest absolute Gasteiger partial charge is 0.368 e. The van der Waals surface area contributed by atoms with Crippen LogP contribution < -0.4 is 0 Å². The Morgan fingerprint density at radius 1 is 0.618 bits per heavy atom. The van der Waals surface area contributed by atoms with Gasteiger partial charge in [-0.2, -0.15) is 4.94 Å². The Hall–Kier alpha value is -2.65. The smallest absolute Gasteiger partial charge is 0.184 e. The summed E-state index contributed by atoms with van der Waals surface area (Å²) < 4.78 is 37.1. The molecule has 0 spiro atoms. The van der Waals surface area contributed by atoms with Crippen molar-refractivity contribution in [1.29, 1.82) is 0 Å². The van der Waals surface area contributed by atoms with E-state index in [1.165, 1.54) is 0 Å². The third kappa shape index (κ3) is 6.70. The van der Waals surface area contributed by atoms with E-state index in [9.17, 15) is 9.63 Å². The summed E-state index contributed by atoms with van der Waals surface area (Å²) in [6, 6.07) is 28.9. The summed E-state index contributed by atoms with van der Waals surface area (Å²) in [5.41, 5.74) is 2.83. The van der Waals surface area contributed by atoms with Gasteiger partial charge in [-0.05, 0) is 21.2 Å². The number of ether oxygens (including phenoxy) is 4. The van der Waals surface area contributed by atoms with Crippen LogP contribution in [0.25, 0.3) is 0 Å². The van der Waals surface area contributed by atoms with Gasteiger partial charge in [0.1, 0.15) is 31.0 Å². The van der Waals surface area contributed by atoms with E-state index in [-0.39, 0.29) is 19.8 Å². The van der Waals surface area contributed by atoms with E-state index in [4.69, 9.17) is 18.9 Å². The van der Waals surface area contributed by atoms with Gasteiger partial charge in [0.15, 0.2) is 6.29 Å². The number of halogens is 1. The highest BCUT2D eigenvalue weighted by Gasteiger charge is 2.48. The monoisotopic (exact) mass is 468 g/mol. The molecule has 1 heterocycles. The molecule has 1 saturated heterocycles. The first-order valence-electron chi connectivity index (χ1n) is 11.3. The quantitative estimate of drug-likeness (QED) is 0.451. The van der Waals surface area contributed by atoms with Crippen molar-refractivity contribution in [3.05, 3.63) is 108 Å². The van der Waals surface area contributed by atoms with E-state index in [2.05, 4.69) is 4.94 Å². The second-order valence-electron chi connectivity index (χ2n) is 8.12. The molecule has 6 nitrogen and oxygen atoms in total. The van der Waals surface area contributed by atoms with Crippen LogP contribution in [-0.4, -0.2) is 42.4 Å². The molecule has 0 aliphatic carbocycles. The van der Waals surface area contributed by atoms with Crippen LogP contribution in [0.1, 0.15) is 16.7 Å². The maximum Gasteiger partial charge on any atom is 0.184 e. The fourth-order valence-electron chi connectivity index (χ4n) is 3.96. The number of aliphatic hydroxyl groups excluding tert-OH is 1. The van der Waals surface area contributed by atoms with E-state index >= 15 is 0 Å². The standard InChI is InChI=1S/C27H29FO6/c28-33-19-23-24(30-16-20-10-4-1-5-11-20)25(31-17-21-12-6-2-7-13-21)26(27(29)34-23)32-18-22-14-8-3-9-15-22/h1-15,23-27,29H,16-19H2/t23-,24-,25+,26-,27?/m1/s1. The van der Waals surface area contributed by atoms with Crippen molar-refractivity contribution in [2.75, 3.05) is 6.61 Å². The minimum absolute atomic E-state index is 0.243. The zero-order valence-corrected chi connectivity index (χ0v) is 18.7. The fourth-order valence-corrected chi connectivity index (χ4v) is 3.96. The van der Waals surface area contributed by atoms with Gasteiger partial charge < -0.3 is 24.1 Å². The average Bonchev–Trinajstić information content (AvgIpc) is 2.88. The highest BCUT2D eigenvalue weighted by Crippen LogP contribution is 2.30. The molecule has 7 heteroatoms. The Labute approximate surface area is 198 Å². The van der Waals surface area contributed by atoms with Crippen LogP contribution in [0.4, 0.5) is 4.53 Å². The Morgan fingerprint density at radius 3 is 1.47 bits per heavy atom. The number of aliphatic hydroxyl groups is 1. The predicted octanol–water partition coefficient (Wildman–Crippen LogP) is 4.36. The third-order valence-electron chi connectivity index (χ3n) is 5.69. The molecule has 34 heavy (non-hydrogen) atoms. The molecule has 3 aromatic carbocycles. The molecule has 3 aromatic rings. The van der Waals surface area contributed by atoms with Gasteiger partial charge in [-0.15, -0.1) is 0 Å². The Kier molecular flexibility index (Phi) is 9.15. The minimum atomic E-state index is -1.35. The molecular formula is C27H29FO6. The van der Waals surface area contributed by atoms with Crippen molar-refractivity contribution in [3.8, 4) is 0 Å². The van der Waals surface area contributed by atoms with Gasteiger partial charge >= 0.3 is 0 Å². The van der Waals surface area contributed by atoms with E-state index in [0.29, 0.717) is 0 Å². The van der Waals surface area contributed by atoms with Gasteiger partial charge in [-0.1, -0.05) is 91.0 Å². The molecule has 4 rings (SSSR count). The molecule has 1 aliphatic rings. The molecule has 0 amide bonds. The van der Waals surface area contributed by atoms with Gasteiger partial charge in [-0.25, -0.2) is 0 Å². The van der Waals surface area contributed by atoms with Crippen molar-refractivity contribution in [2.45, 2.75) is 50.5 Å². The molecule has 0 aromatic heterocycles. The molecule has 1 aliphatic heterocycles. The first-order valence-corrected chi connectivity index (χ1v) is 11.3. The van der Waals surface area contributed by atoms with Gasteiger partial charge in [0, 0.05) is 0 Å².